The fourth-order valence-corrected chi connectivity index (χ4v) is 3.49. The van der Waals surface area contributed by atoms with E-state index >= 15 is 0 Å². The molecule has 1 aliphatic rings. The van der Waals surface area contributed by atoms with Gasteiger partial charge in [-0.2, -0.15) is 0 Å². The van der Waals surface area contributed by atoms with Crippen molar-refractivity contribution >= 4 is 40.4 Å². The molecule has 25 heavy (non-hydrogen) atoms. The number of aromatic nitrogens is 2. The first-order valence-electron chi connectivity index (χ1n) is 8.06. The topological polar surface area (TPSA) is 53.2 Å². The van der Waals surface area contributed by atoms with Gasteiger partial charge >= 0.3 is 0 Å². The number of halogens is 1. The molecule has 0 radical (unpaired) electrons. The predicted molar refractivity (Wildman–Crippen MR) is 108 cm³/mol. The summed E-state index contributed by atoms with van der Waals surface area (Å²) in [4.78, 5) is 11.6. The molecule has 5 heteroatoms. The lowest BCUT2D eigenvalue weighted by molar-refractivity contribution is 0.412. The third-order valence-electron chi connectivity index (χ3n) is 4.45. The standard InChI is InChI=1S/C20H18IN3O/c1-11-15(22-12(2)20(11)21)9-18-19(25-3)10-17(24-18)16-8-13-6-4-5-7-14(13)23-16/h4-10,22,24H,1-3H3/b17-16?,18-9-. The molecule has 0 fully saturated rings. The highest BCUT2D eigenvalue weighted by Gasteiger charge is 2.09. The van der Waals surface area contributed by atoms with Gasteiger partial charge in [0.15, 0.2) is 0 Å². The Bertz CT molecular complexity index is 1180. The number of rotatable bonds is 2. The van der Waals surface area contributed by atoms with Gasteiger partial charge in [0.05, 0.1) is 28.9 Å². The summed E-state index contributed by atoms with van der Waals surface area (Å²) in [7, 11) is 1.69. The Morgan fingerprint density at radius 3 is 2.64 bits per heavy atom. The second-order valence-corrected chi connectivity index (χ2v) is 7.19. The predicted octanol–water partition coefficient (Wildman–Crippen LogP) is 1.62. The average Bonchev–Trinajstić information content (AvgIpc) is 3.28. The largest absolute Gasteiger partial charge is 0.494 e. The normalized spacial score (nSPS) is 15.8. The number of nitrogens with one attached hydrogen (secondary N) is 2. The Morgan fingerprint density at radius 2 is 1.96 bits per heavy atom. The summed E-state index contributed by atoms with van der Waals surface area (Å²) in [5, 5.41) is 4.03. The molecule has 4 nitrogen and oxygen atoms in total. The summed E-state index contributed by atoms with van der Waals surface area (Å²) in [6, 6.07) is 10.1. The molecule has 3 aromatic rings. The smallest absolute Gasteiger partial charge is 0.144 e. The van der Waals surface area contributed by atoms with Crippen molar-refractivity contribution in [3.63, 3.8) is 0 Å². The Kier molecular flexibility index (Phi) is 4.03. The summed E-state index contributed by atoms with van der Waals surface area (Å²) in [6.45, 7) is 4.21. The average molecular weight is 443 g/mol. The van der Waals surface area contributed by atoms with E-state index in [9.17, 15) is 0 Å². The minimum absolute atomic E-state index is 0.809. The first-order chi connectivity index (χ1) is 12.1. The van der Waals surface area contributed by atoms with Gasteiger partial charge in [-0.25, -0.2) is 4.99 Å². The zero-order valence-corrected chi connectivity index (χ0v) is 16.4. The molecule has 0 atom stereocenters. The van der Waals surface area contributed by atoms with Gasteiger partial charge in [0, 0.05) is 26.2 Å². The summed E-state index contributed by atoms with van der Waals surface area (Å²) >= 11 is 2.37. The van der Waals surface area contributed by atoms with Crippen molar-refractivity contribution in [3.8, 4) is 5.75 Å². The maximum absolute atomic E-state index is 5.56. The van der Waals surface area contributed by atoms with Crippen LogP contribution in [-0.2, 0) is 0 Å². The molecule has 2 aromatic heterocycles. The number of ether oxygens (including phenoxy) is 1. The number of para-hydroxylation sites is 1. The van der Waals surface area contributed by atoms with Crippen molar-refractivity contribution in [1.82, 2.24) is 9.97 Å². The van der Waals surface area contributed by atoms with Crippen molar-refractivity contribution in [2.75, 3.05) is 7.11 Å². The van der Waals surface area contributed by atoms with E-state index in [1.54, 1.807) is 7.11 Å². The molecule has 1 aromatic carbocycles. The molecule has 4 rings (SSSR count). The van der Waals surface area contributed by atoms with E-state index in [-0.39, 0.29) is 0 Å². The highest BCUT2D eigenvalue weighted by molar-refractivity contribution is 14.1. The molecule has 1 aliphatic heterocycles. The van der Waals surface area contributed by atoms with Gasteiger partial charge in [0.1, 0.15) is 5.75 Å². The lowest BCUT2D eigenvalue weighted by Crippen LogP contribution is -2.19. The minimum atomic E-state index is 0.809. The van der Waals surface area contributed by atoms with Crippen LogP contribution in [0.25, 0.3) is 17.8 Å². The molecule has 0 bridgehead atoms. The van der Waals surface area contributed by atoms with Crippen LogP contribution in [0.15, 0.2) is 35.3 Å². The fraction of sp³-hybridized carbons (Fsp3) is 0.150. The number of benzene rings is 1. The van der Waals surface area contributed by atoms with Gasteiger partial charge in [-0.15, -0.1) is 0 Å². The van der Waals surface area contributed by atoms with Crippen molar-refractivity contribution in [1.29, 1.82) is 0 Å². The Labute approximate surface area is 158 Å². The highest BCUT2D eigenvalue weighted by atomic mass is 127. The van der Waals surface area contributed by atoms with Gasteiger partial charge in [-0.1, -0.05) is 18.2 Å². The number of hydrogen-bond donors (Lipinski definition) is 2. The van der Waals surface area contributed by atoms with E-state index in [2.05, 4.69) is 64.6 Å². The second-order valence-electron chi connectivity index (χ2n) is 6.11. The van der Waals surface area contributed by atoms with E-state index in [1.165, 1.54) is 14.8 Å². The summed E-state index contributed by atoms with van der Waals surface area (Å²) in [5.41, 5.74) is 4.44. The summed E-state index contributed by atoms with van der Waals surface area (Å²) in [5.74, 6) is 0.809. The Balaban J connectivity index is 1.93. The molecule has 0 amide bonds. The molecule has 0 spiro atoms. The van der Waals surface area contributed by atoms with Crippen LogP contribution in [0.4, 0.5) is 0 Å². The van der Waals surface area contributed by atoms with Gasteiger partial charge in [-0.05, 0) is 60.2 Å². The number of H-pyrrole nitrogens is 2. The van der Waals surface area contributed by atoms with Crippen LogP contribution in [0, 0.1) is 17.4 Å². The van der Waals surface area contributed by atoms with Crippen LogP contribution < -0.4 is 26.0 Å². The van der Waals surface area contributed by atoms with E-state index in [0.29, 0.717) is 0 Å². The Morgan fingerprint density at radius 1 is 1.16 bits per heavy atom. The number of aryl methyl sites for hydroxylation is 1. The minimum Gasteiger partial charge on any atom is -0.494 e. The van der Waals surface area contributed by atoms with E-state index in [1.807, 2.05) is 24.3 Å². The molecule has 0 saturated heterocycles. The summed E-state index contributed by atoms with van der Waals surface area (Å²) < 4.78 is 6.83. The van der Waals surface area contributed by atoms with Crippen molar-refractivity contribution in [2.45, 2.75) is 13.8 Å². The molecule has 0 aliphatic carbocycles. The molecular weight excluding hydrogens is 425 g/mol. The van der Waals surface area contributed by atoms with Crippen LogP contribution in [0.5, 0.6) is 5.75 Å². The highest BCUT2D eigenvalue weighted by Crippen LogP contribution is 2.20. The second kappa shape index (κ2) is 6.22. The van der Waals surface area contributed by atoms with E-state index < -0.39 is 0 Å². The maximum atomic E-state index is 5.56. The summed E-state index contributed by atoms with van der Waals surface area (Å²) in [6.07, 6.45) is 4.19. The van der Waals surface area contributed by atoms with Crippen LogP contribution in [-0.4, -0.2) is 17.1 Å². The zero-order valence-electron chi connectivity index (χ0n) is 14.3. The van der Waals surface area contributed by atoms with Crippen molar-refractivity contribution in [2.24, 2.45) is 4.99 Å². The first-order valence-corrected chi connectivity index (χ1v) is 9.14. The van der Waals surface area contributed by atoms with E-state index in [4.69, 9.17) is 9.73 Å². The molecule has 126 valence electrons. The zero-order chi connectivity index (χ0) is 17.6. The Hall–Kier alpha value is -2.28. The van der Waals surface area contributed by atoms with Gasteiger partial charge in [-0.3, -0.25) is 0 Å². The van der Waals surface area contributed by atoms with Crippen LogP contribution >= 0.6 is 22.6 Å². The molecule has 0 saturated carbocycles. The number of methoxy groups -OCH3 is 1. The number of nitrogens with zero attached hydrogens (tertiary/aromatic N) is 1. The third kappa shape index (κ3) is 2.82. The maximum Gasteiger partial charge on any atom is 0.144 e. The SMILES string of the molecule is COc1cc(=C2C=c3ccccc3=N2)[nH]/c1=C\c1[nH]c(C)c(I)c1C. The van der Waals surface area contributed by atoms with Crippen molar-refractivity contribution < 1.29 is 4.74 Å². The number of fused-ring (bicyclic) bond motifs is 1. The molecule has 2 N–H and O–H groups in total. The van der Waals surface area contributed by atoms with Crippen molar-refractivity contribution in [3.05, 3.63) is 72.1 Å². The van der Waals surface area contributed by atoms with E-state index in [0.717, 1.165) is 38.4 Å². The molecule has 0 unspecified atom stereocenters. The number of aromatic amines is 2. The first kappa shape index (κ1) is 16.2. The van der Waals surface area contributed by atoms with Gasteiger partial charge in [0.25, 0.3) is 0 Å². The van der Waals surface area contributed by atoms with Crippen LogP contribution in [0.2, 0.25) is 0 Å². The third-order valence-corrected chi connectivity index (χ3v) is 6.07. The van der Waals surface area contributed by atoms with Gasteiger partial charge in [0.2, 0.25) is 0 Å². The van der Waals surface area contributed by atoms with Crippen LogP contribution in [0.1, 0.15) is 17.0 Å². The monoisotopic (exact) mass is 443 g/mol. The molecule has 3 heterocycles. The molecular formula is C20H18IN3O. The van der Waals surface area contributed by atoms with Crippen LogP contribution in [0.3, 0.4) is 0 Å². The van der Waals surface area contributed by atoms with Gasteiger partial charge < -0.3 is 14.7 Å². The lowest BCUT2D eigenvalue weighted by atomic mass is 10.2. The lowest BCUT2D eigenvalue weighted by Gasteiger charge is -1.94. The quantitative estimate of drug-likeness (QED) is 0.582. The fourth-order valence-electron chi connectivity index (χ4n) is 3.06. The number of hydrogen-bond acceptors (Lipinski definition) is 2.